The second kappa shape index (κ2) is 6.38. The van der Waals surface area contributed by atoms with Crippen molar-refractivity contribution in [2.24, 2.45) is 0 Å². The lowest BCUT2D eigenvalue weighted by Crippen LogP contribution is -2.42. The van der Waals surface area contributed by atoms with Crippen LogP contribution in [0.2, 0.25) is 0 Å². The average Bonchev–Trinajstić information content (AvgIpc) is 2.48. The van der Waals surface area contributed by atoms with E-state index in [1.807, 2.05) is 6.07 Å². The molecule has 2 rings (SSSR count). The first-order chi connectivity index (χ1) is 9.61. The Bertz CT molecular complexity index is 545. The first-order valence-corrected chi connectivity index (χ1v) is 6.83. The number of likely N-dealkylation sites (tertiary alicyclic amines) is 1. The van der Waals surface area contributed by atoms with Crippen LogP contribution in [0.3, 0.4) is 0 Å². The summed E-state index contributed by atoms with van der Waals surface area (Å²) in [6, 6.07) is 4.63. The summed E-state index contributed by atoms with van der Waals surface area (Å²) in [7, 11) is 0. The van der Waals surface area contributed by atoms with Crippen molar-refractivity contribution in [1.29, 1.82) is 5.26 Å². The molecule has 106 valence electrons. The normalized spacial score (nSPS) is 14.8. The molecular weight excluding hydrogens is 257 g/mol. The number of amides is 2. The molecule has 1 aliphatic heterocycles. The van der Waals surface area contributed by atoms with E-state index in [0.29, 0.717) is 11.1 Å². The van der Waals surface area contributed by atoms with Gasteiger partial charge in [-0.1, -0.05) is 6.07 Å². The summed E-state index contributed by atoms with van der Waals surface area (Å²) in [4.78, 5) is 13.7. The summed E-state index contributed by atoms with van der Waals surface area (Å²) in [5.41, 5.74) is 1.46. The van der Waals surface area contributed by atoms with Crippen LogP contribution in [0.25, 0.3) is 0 Å². The smallest absolute Gasteiger partial charge is 0.317 e. The van der Waals surface area contributed by atoms with Gasteiger partial charge in [0.2, 0.25) is 0 Å². The maximum atomic E-state index is 13.8. The van der Waals surface area contributed by atoms with Crippen molar-refractivity contribution < 1.29 is 9.18 Å². The van der Waals surface area contributed by atoms with E-state index < -0.39 is 5.82 Å². The molecule has 20 heavy (non-hydrogen) atoms. The number of carbonyl (C=O) groups is 1. The van der Waals surface area contributed by atoms with Gasteiger partial charge in [0.25, 0.3) is 0 Å². The Labute approximate surface area is 118 Å². The zero-order valence-corrected chi connectivity index (χ0v) is 11.6. The fraction of sp³-hybridized carbons (Fsp3) is 0.467. The third-order valence-electron chi connectivity index (χ3n) is 3.59. The second-order valence-corrected chi connectivity index (χ2v) is 5.08. The minimum absolute atomic E-state index is 0.147. The SMILES string of the molecule is Cc1cc(CNC(=O)N2CCCCC2)c(F)cc1C#N. The molecule has 4 nitrogen and oxygen atoms in total. The van der Waals surface area contributed by atoms with E-state index in [1.165, 1.54) is 6.07 Å². The number of nitriles is 1. The van der Waals surface area contributed by atoms with Crippen molar-refractivity contribution in [2.45, 2.75) is 32.7 Å². The number of nitrogens with zero attached hydrogens (tertiary/aromatic N) is 2. The lowest BCUT2D eigenvalue weighted by atomic mass is 10.1. The van der Waals surface area contributed by atoms with Gasteiger partial charge in [-0.05, 0) is 37.8 Å². The number of hydrogen-bond donors (Lipinski definition) is 1. The van der Waals surface area contributed by atoms with Gasteiger partial charge in [0.15, 0.2) is 0 Å². The fourth-order valence-corrected chi connectivity index (χ4v) is 2.38. The lowest BCUT2D eigenvalue weighted by molar-refractivity contribution is 0.186. The van der Waals surface area contributed by atoms with Crippen LogP contribution in [-0.4, -0.2) is 24.0 Å². The van der Waals surface area contributed by atoms with Gasteiger partial charge < -0.3 is 10.2 Å². The Hall–Kier alpha value is -2.09. The highest BCUT2D eigenvalue weighted by molar-refractivity contribution is 5.74. The fourth-order valence-electron chi connectivity index (χ4n) is 2.38. The van der Waals surface area contributed by atoms with Gasteiger partial charge in [-0.15, -0.1) is 0 Å². The van der Waals surface area contributed by atoms with Crippen LogP contribution in [0, 0.1) is 24.1 Å². The lowest BCUT2D eigenvalue weighted by Gasteiger charge is -2.26. The number of rotatable bonds is 2. The molecule has 1 aliphatic rings. The van der Waals surface area contributed by atoms with E-state index in [0.717, 1.165) is 37.9 Å². The number of carbonyl (C=O) groups excluding carboxylic acids is 1. The van der Waals surface area contributed by atoms with Gasteiger partial charge in [0.1, 0.15) is 5.82 Å². The van der Waals surface area contributed by atoms with Gasteiger partial charge in [-0.25, -0.2) is 9.18 Å². The van der Waals surface area contributed by atoms with E-state index in [4.69, 9.17) is 5.26 Å². The molecular formula is C15H18FN3O. The van der Waals surface area contributed by atoms with E-state index >= 15 is 0 Å². The molecule has 2 amide bonds. The molecule has 0 spiro atoms. The predicted molar refractivity (Wildman–Crippen MR) is 73.5 cm³/mol. The summed E-state index contributed by atoms with van der Waals surface area (Å²) in [6.45, 7) is 3.43. The number of benzene rings is 1. The molecule has 1 aromatic carbocycles. The van der Waals surface area contributed by atoms with E-state index in [2.05, 4.69) is 5.32 Å². The molecule has 0 bridgehead atoms. The third kappa shape index (κ3) is 3.27. The minimum Gasteiger partial charge on any atom is -0.334 e. The van der Waals surface area contributed by atoms with Crippen LogP contribution in [-0.2, 0) is 6.54 Å². The number of hydrogen-bond acceptors (Lipinski definition) is 2. The maximum absolute atomic E-state index is 13.8. The van der Waals surface area contributed by atoms with Gasteiger partial charge in [-0.3, -0.25) is 0 Å². The van der Waals surface area contributed by atoms with Crippen LogP contribution in [0.4, 0.5) is 9.18 Å². The van der Waals surface area contributed by atoms with E-state index in [9.17, 15) is 9.18 Å². The molecule has 1 aromatic rings. The third-order valence-corrected chi connectivity index (χ3v) is 3.59. The van der Waals surface area contributed by atoms with Crippen LogP contribution in [0.5, 0.6) is 0 Å². The Balaban J connectivity index is 1.98. The first kappa shape index (κ1) is 14.3. The van der Waals surface area contributed by atoms with E-state index in [1.54, 1.807) is 17.9 Å². The number of piperidine rings is 1. The van der Waals surface area contributed by atoms with Crippen molar-refractivity contribution in [3.05, 3.63) is 34.6 Å². The minimum atomic E-state index is -0.453. The summed E-state index contributed by atoms with van der Waals surface area (Å²) in [5.74, 6) is -0.453. The Morgan fingerprint density at radius 3 is 2.75 bits per heavy atom. The van der Waals surface area contributed by atoms with Gasteiger partial charge in [-0.2, -0.15) is 5.26 Å². The Morgan fingerprint density at radius 1 is 1.40 bits per heavy atom. The number of nitrogens with one attached hydrogen (secondary N) is 1. The van der Waals surface area contributed by atoms with Crippen molar-refractivity contribution in [1.82, 2.24) is 10.2 Å². The monoisotopic (exact) mass is 275 g/mol. The molecule has 1 saturated heterocycles. The summed E-state index contributed by atoms with van der Waals surface area (Å²) >= 11 is 0. The number of aryl methyl sites for hydroxylation is 1. The zero-order valence-electron chi connectivity index (χ0n) is 11.6. The summed E-state index contributed by atoms with van der Waals surface area (Å²) < 4.78 is 13.8. The predicted octanol–water partition coefficient (Wildman–Crippen LogP) is 2.70. The molecule has 0 aromatic heterocycles. The molecule has 1 fully saturated rings. The highest BCUT2D eigenvalue weighted by atomic mass is 19.1. The largest absolute Gasteiger partial charge is 0.334 e. The quantitative estimate of drug-likeness (QED) is 0.902. The highest BCUT2D eigenvalue weighted by Crippen LogP contribution is 2.15. The maximum Gasteiger partial charge on any atom is 0.317 e. The molecule has 0 aliphatic carbocycles. The van der Waals surface area contributed by atoms with E-state index in [-0.39, 0.29) is 12.6 Å². The topological polar surface area (TPSA) is 56.1 Å². The van der Waals surface area contributed by atoms with Crippen molar-refractivity contribution in [3.8, 4) is 6.07 Å². The highest BCUT2D eigenvalue weighted by Gasteiger charge is 2.16. The summed E-state index contributed by atoms with van der Waals surface area (Å²) in [6.07, 6.45) is 3.21. The number of urea groups is 1. The molecule has 5 heteroatoms. The van der Waals surface area contributed by atoms with Gasteiger partial charge in [0, 0.05) is 25.2 Å². The molecule has 1 heterocycles. The number of halogens is 1. The van der Waals surface area contributed by atoms with Crippen LogP contribution in [0.1, 0.15) is 36.0 Å². The van der Waals surface area contributed by atoms with Crippen molar-refractivity contribution in [2.75, 3.05) is 13.1 Å². The summed E-state index contributed by atoms with van der Waals surface area (Å²) in [5, 5.41) is 11.6. The van der Waals surface area contributed by atoms with Crippen LogP contribution < -0.4 is 5.32 Å². The zero-order chi connectivity index (χ0) is 14.5. The molecule has 1 N–H and O–H groups in total. The van der Waals surface area contributed by atoms with Gasteiger partial charge in [0.05, 0.1) is 11.6 Å². The standard InChI is InChI=1S/C15H18FN3O/c1-11-7-13(14(16)8-12(11)9-17)10-18-15(20)19-5-3-2-4-6-19/h7-8H,2-6,10H2,1H3,(H,18,20). The van der Waals surface area contributed by atoms with Crippen molar-refractivity contribution >= 4 is 6.03 Å². The molecule has 0 saturated carbocycles. The van der Waals surface area contributed by atoms with Crippen LogP contribution in [0.15, 0.2) is 12.1 Å². The Kier molecular flexibility index (Phi) is 4.57. The van der Waals surface area contributed by atoms with Gasteiger partial charge >= 0.3 is 6.03 Å². The molecule has 0 radical (unpaired) electrons. The van der Waals surface area contributed by atoms with Crippen LogP contribution >= 0.6 is 0 Å². The van der Waals surface area contributed by atoms with Crippen molar-refractivity contribution in [3.63, 3.8) is 0 Å². The molecule has 0 unspecified atom stereocenters. The first-order valence-electron chi connectivity index (χ1n) is 6.83. The average molecular weight is 275 g/mol. The second-order valence-electron chi connectivity index (χ2n) is 5.08. The molecule has 0 atom stereocenters. The Morgan fingerprint density at radius 2 is 2.10 bits per heavy atom.